The van der Waals surface area contributed by atoms with Crippen LogP contribution >= 0.6 is 0 Å². The lowest BCUT2D eigenvalue weighted by molar-refractivity contribution is -0.137. The van der Waals surface area contributed by atoms with Gasteiger partial charge >= 0.3 is 5.97 Å². The average molecular weight is 171 g/mol. The van der Waals surface area contributed by atoms with Crippen molar-refractivity contribution in [1.29, 1.82) is 0 Å². The highest BCUT2D eigenvalue weighted by molar-refractivity contribution is 5.82. The van der Waals surface area contributed by atoms with Crippen molar-refractivity contribution in [3.05, 3.63) is 11.8 Å². The molecule has 0 aromatic rings. The van der Waals surface area contributed by atoms with Gasteiger partial charge in [0.05, 0.1) is 6.61 Å². The molecular formula is C9H17NO2. The molecule has 0 aromatic carbocycles. The molecule has 0 aliphatic rings. The predicted molar refractivity (Wildman–Crippen MR) is 48.7 cm³/mol. The Kier molecular flexibility index (Phi) is 5.17. The smallest absolute Gasteiger partial charge is 0.332 e. The number of nitrogens with one attached hydrogen (secondary N) is 1. The first-order valence-corrected chi connectivity index (χ1v) is 4.17. The number of rotatable bonds is 4. The third-order valence-corrected chi connectivity index (χ3v) is 1.14. The number of esters is 1. The number of hydrogen-bond acceptors (Lipinski definition) is 3. The minimum atomic E-state index is -0.289. The standard InChI is InChI=1S/C9H17NO2/c1-5-12-9(11)6-8(4)10-7(2)3/h6-7,10H,5H2,1-4H3/b8-6-. The van der Waals surface area contributed by atoms with Gasteiger partial charge in [0.1, 0.15) is 0 Å². The van der Waals surface area contributed by atoms with Crippen LogP contribution in [0.15, 0.2) is 11.8 Å². The van der Waals surface area contributed by atoms with Gasteiger partial charge in [-0.3, -0.25) is 0 Å². The highest BCUT2D eigenvalue weighted by atomic mass is 16.5. The van der Waals surface area contributed by atoms with Crippen LogP contribution in [0.1, 0.15) is 27.7 Å². The molecule has 0 amide bonds. The van der Waals surface area contributed by atoms with E-state index in [4.69, 9.17) is 4.74 Å². The molecule has 1 N–H and O–H groups in total. The minimum absolute atomic E-state index is 0.289. The molecular weight excluding hydrogens is 154 g/mol. The number of ether oxygens (including phenoxy) is 1. The van der Waals surface area contributed by atoms with Crippen LogP contribution in [0.2, 0.25) is 0 Å². The summed E-state index contributed by atoms with van der Waals surface area (Å²) in [6.45, 7) is 8.09. The highest BCUT2D eigenvalue weighted by Crippen LogP contribution is 1.91. The van der Waals surface area contributed by atoms with Gasteiger partial charge < -0.3 is 10.1 Å². The summed E-state index contributed by atoms with van der Waals surface area (Å²) in [5.74, 6) is -0.289. The van der Waals surface area contributed by atoms with E-state index in [0.29, 0.717) is 12.6 Å². The third-order valence-electron chi connectivity index (χ3n) is 1.14. The Morgan fingerprint density at radius 3 is 2.58 bits per heavy atom. The van der Waals surface area contributed by atoms with Gasteiger partial charge in [-0.05, 0) is 27.7 Å². The second-order valence-electron chi connectivity index (χ2n) is 2.88. The van der Waals surface area contributed by atoms with Crippen LogP contribution in [0.5, 0.6) is 0 Å². The van der Waals surface area contributed by atoms with E-state index < -0.39 is 0 Å². The quantitative estimate of drug-likeness (QED) is 0.514. The van der Waals surface area contributed by atoms with Crippen LogP contribution in [-0.2, 0) is 9.53 Å². The van der Waals surface area contributed by atoms with Crippen molar-refractivity contribution in [2.45, 2.75) is 33.7 Å². The molecule has 3 nitrogen and oxygen atoms in total. The monoisotopic (exact) mass is 171 g/mol. The molecule has 0 fully saturated rings. The number of carbonyl (C=O) groups is 1. The Labute approximate surface area is 73.8 Å². The van der Waals surface area contributed by atoms with E-state index in [1.807, 2.05) is 20.8 Å². The molecule has 0 aliphatic carbocycles. The fourth-order valence-electron chi connectivity index (χ4n) is 0.858. The van der Waals surface area contributed by atoms with Crippen molar-refractivity contribution in [2.75, 3.05) is 6.61 Å². The molecule has 0 saturated carbocycles. The van der Waals surface area contributed by atoms with E-state index >= 15 is 0 Å². The van der Waals surface area contributed by atoms with E-state index in [1.165, 1.54) is 6.08 Å². The number of hydrogen-bond donors (Lipinski definition) is 1. The molecule has 0 aromatic heterocycles. The molecule has 0 radical (unpaired) electrons. The maximum Gasteiger partial charge on any atom is 0.332 e. The first-order chi connectivity index (χ1) is 5.56. The van der Waals surface area contributed by atoms with Crippen LogP contribution in [0.25, 0.3) is 0 Å². The zero-order valence-corrected chi connectivity index (χ0v) is 8.18. The Bertz CT molecular complexity index is 173. The molecule has 0 bridgehead atoms. The zero-order chi connectivity index (χ0) is 9.56. The average Bonchev–Trinajstić information content (AvgIpc) is 1.84. The summed E-state index contributed by atoms with van der Waals surface area (Å²) < 4.78 is 4.74. The Morgan fingerprint density at radius 1 is 1.58 bits per heavy atom. The fraction of sp³-hybridized carbons (Fsp3) is 0.667. The summed E-state index contributed by atoms with van der Waals surface area (Å²) in [5, 5.41) is 3.09. The Morgan fingerprint density at radius 2 is 2.17 bits per heavy atom. The fourth-order valence-corrected chi connectivity index (χ4v) is 0.858. The van der Waals surface area contributed by atoms with Gasteiger partial charge in [-0.2, -0.15) is 0 Å². The van der Waals surface area contributed by atoms with Crippen molar-refractivity contribution < 1.29 is 9.53 Å². The lowest BCUT2D eigenvalue weighted by atomic mass is 10.3. The largest absolute Gasteiger partial charge is 0.463 e. The van der Waals surface area contributed by atoms with E-state index in [1.54, 1.807) is 6.92 Å². The van der Waals surface area contributed by atoms with E-state index in [2.05, 4.69) is 5.32 Å². The molecule has 0 spiro atoms. The maximum absolute atomic E-state index is 10.9. The topological polar surface area (TPSA) is 38.3 Å². The maximum atomic E-state index is 10.9. The van der Waals surface area contributed by atoms with Gasteiger partial charge in [0, 0.05) is 17.8 Å². The summed E-state index contributed by atoms with van der Waals surface area (Å²) in [4.78, 5) is 10.9. The van der Waals surface area contributed by atoms with E-state index in [0.717, 1.165) is 5.70 Å². The van der Waals surface area contributed by atoms with Crippen molar-refractivity contribution in [1.82, 2.24) is 5.32 Å². The van der Waals surface area contributed by atoms with Gasteiger partial charge in [-0.25, -0.2) is 4.79 Å². The van der Waals surface area contributed by atoms with Gasteiger partial charge in [0.25, 0.3) is 0 Å². The van der Waals surface area contributed by atoms with Crippen LogP contribution in [0.4, 0.5) is 0 Å². The normalized spacial score (nSPS) is 11.6. The zero-order valence-electron chi connectivity index (χ0n) is 8.18. The first kappa shape index (κ1) is 11.0. The highest BCUT2D eigenvalue weighted by Gasteiger charge is 1.98. The van der Waals surface area contributed by atoms with Crippen molar-refractivity contribution >= 4 is 5.97 Å². The van der Waals surface area contributed by atoms with Gasteiger partial charge in [0.15, 0.2) is 0 Å². The molecule has 70 valence electrons. The summed E-state index contributed by atoms with van der Waals surface area (Å²) in [6, 6.07) is 0.343. The van der Waals surface area contributed by atoms with Crippen LogP contribution < -0.4 is 5.32 Å². The summed E-state index contributed by atoms with van der Waals surface area (Å²) in [5.41, 5.74) is 0.837. The minimum Gasteiger partial charge on any atom is -0.463 e. The third kappa shape index (κ3) is 5.77. The van der Waals surface area contributed by atoms with E-state index in [9.17, 15) is 4.79 Å². The summed E-state index contributed by atoms with van der Waals surface area (Å²) in [7, 11) is 0. The lowest BCUT2D eigenvalue weighted by Crippen LogP contribution is -2.21. The Hall–Kier alpha value is -0.990. The van der Waals surface area contributed by atoms with Crippen LogP contribution in [0, 0.1) is 0 Å². The molecule has 3 heteroatoms. The first-order valence-electron chi connectivity index (χ1n) is 4.17. The van der Waals surface area contributed by atoms with Crippen LogP contribution in [0.3, 0.4) is 0 Å². The van der Waals surface area contributed by atoms with Gasteiger partial charge in [-0.1, -0.05) is 0 Å². The molecule has 0 unspecified atom stereocenters. The van der Waals surface area contributed by atoms with E-state index in [-0.39, 0.29) is 5.97 Å². The number of allylic oxidation sites excluding steroid dienone is 1. The predicted octanol–water partition coefficient (Wildman–Crippen LogP) is 1.45. The molecule has 0 atom stereocenters. The van der Waals surface area contributed by atoms with Crippen molar-refractivity contribution in [2.24, 2.45) is 0 Å². The summed E-state index contributed by atoms with van der Waals surface area (Å²) in [6.07, 6.45) is 1.46. The second kappa shape index (κ2) is 5.63. The summed E-state index contributed by atoms with van der Waals surface area (Å²) >= 11 is 0. The van der Waals surface area contributed by atoms with Crippen molar-refractivity contribution in [3.8, 4) is 0 Å². The SMILES string of the molecule is CCOC(=O)/C=C(/C)NC(C)C. The molecule has 0 heterocycles. The molecule has 12 heavy (non-hydrogen) atoms. The number of carbonyl (C=O) groups excluding carboxylic acids is 1. The lowest BCUT2D eigenvalue weighted by Gasteiger charge is -2.09. The van der Waals surface area contributed by atoms with Gasteiger partial charge in [0.2, 0.25) is 0 Å². The molecule has 0 aliphatic heterocycles. The second-order valence-corrected chi connectivity index (χ2v) is 2.88. The van der Waals surface area contributed by atoms with Gasteiger partial charge in [-0.15, -0.1) is 0 Å². The molecule has 0 rings (SSSR count). The Balaban J connectivity index is 3.89. The van der Waals surface area contributed by atoms with Crippen molar-refractivity contribution in [3.63, 3.8) is 0 Å². The van der Waals surface area contributed by atoms with Crippen LogP contribution in [-0.4, -0.2) is 18.6 Å². The molecule has 0 saturated heterocycles.